The van der Waals surface area contributed by atoms with Gasteiger partial charge >= 0.3 is 0 Å². The molecule has 0 aromatic carbocycles. The van der Waals surface area contributed by atoms with E-state index in [1.807, 2.05) is 0 Å². The standard InChI is InChI=1S/C8H9F2N3O/c1-12-2-6(11-5-12)7(14)13-3-8(9,10)4-13/h2,5H,3-4H2,1H3. The van der Waals surface area contributed by atoms with Crippen LogP contribution in [0.15, 0.2) is 12.5 Å². The van der Waals surface area contributed by atoms with Crippen LogP contribution in [0.1, 0.15) is 10.5 Å². The van der Waals surface area contributed by atoms with Crippen LogP contribution in [0.5, 0.6) is 0 Å². The molecule has 0 saturated carbocycles. The lowest BCUT2D eigenvalue weighted by atomic mass is 10.1. The first-order valence-corrected chi connectivity index (χ1v) is 4.13. The third kappa shape index (κ3) is 1.47. The van der Waals surface area contributed by atoms with E-state index in [4.69, 9.17) is 0 Å². The molecule has 0 radical (unpaired) electrons. The van der Waals surface area contributed by atoms with Gasteiger partial charge in [0.2, 0.25) is 0 Å². The number of likely N-dealkylation sites (tertiary alicyclic amines) is 1. The molecular weight excluding hydrogens is 192 g/mol. The molecule has 0 bridgehead atoms. The fraction of sp³-hybridized carbons (Fsp3) is 0.500. The average Bonchev–Trinajstić information content (AvgIpc) is 2.46. The van der Waals surface area contributed by atoms with E-state index in [2.05, 4.69) is 4.98 Å². The molecule has 76 valence electrons. The van der Waals surface area contributed by atoms with Crippen molar-refractivity contribution in [3.05, 3.63) is 18.2 Å². The van der Waals surface area contributed by atoms with Crippen molar-refractivity contribution in [2.75, 3.05) is 13.1 Å². The van der Waals surface area contributed by atoms with E-state index in [1.54, 1.807) is 11.6 Å². The summed E-state index contributed by atoms with van der Waals surface area (Å²) in [5.74, 6) is -3.15. The number of aromatic nitrogens is 2. The molecule has 1 saturated heterocycles. The first kappa shape index (κ1) is 9.11. The molecule has 4 nitrogen and oxygen atoms in total. The predicted octanol–water partition coefficient (Wildman–Crippen LogP) is 0.511. The number of halogens is 2. The zero-order valence-corrected chi connectivity index (χ0v) is 7.57. The highest BCUT2D eigenvalue weighted by Gasteiger charge is 2.46. The number of carbonyl (C=O) groups is 1. The van der Waals surface area contributed by atoms with Crippen LogP contribution in [-0.2, 0) is 7.05 Å². The van der Waals surface area contributed by atoms with Crippen LogP contribution in [0.4, 0.5) is 8.78 Å². The fourth-order valence-corrected chi connectivity index (χ4v) is 1.34. The Kier molecular flexibility index (Phi) is 1.80. The van der Waals surface area contributed by atoms with E-state index in [-0.39, 0.29) is 5.69 Å². The number of hydrogen-bond donors (Lipinski definition) is 0. The number of aryl methyl sites for hydroxylation is 1. The van der Waals surface area contributed by atoms with Crippen molar-refractivity contribution in [2.45, 2.75) is 5.92 Å². The molecular formula is C8H9F2N3O. The number of imidazole rings is 1. The van der Waals surface area contributed by atoms with E-state index in [9.17, 15) is 13.6 Å². The lowest BCUT2D eigenvalue weighted by Gasteiger charge is -2.38. The highest BCUT2D eigenvalue weighted by Crippen LogP contribution is 2.27. The van der Waals surface area contributed by atoms with Crippen LogP contribution >= 0.6 is 0 Å². The van der Waals surface area contributed by atoms with E-state index in [0.29, 0.717) is 0 Å². The molecule has 0 spiro atoms. The van der Waals surface area contributed by atoms with Gasteiger partial charge in [-0.2, -0.15) is 0 Å². The minimum Gasteiger partial charge on any atom is -0.340 e. The quantitative estimate of drug-likeness (QED) is 0.664. The summed E-state index contributed by atoms with van der Waals surface area (Å²) in [7, 11) is 1.72. The summed E-state index contributed by atoms with van der Waals surface area (Å²) in [5.41, 5.74) is 0.211. The van der Waals surface area contributed by atoms with Crippen LogP contribution in [0.2, 0.25) is 0 Å². The summed E-state index contributed by atoms with van der Waals surface area (Å²) < 4.78 is 26.5. The zero-order chi connectivity index (χ0) is 10.3. The molecule has 1 aromatic rings. The summed E-state index contributed by atoms with van der Waals surface area (Å²) in [4.78, 5) is 16.3. The molecule has 1 amide bonds. The Morgan fingerprint density at radius 3 is 2.64 bits per heavy atom. The topological polar surface area (TPSA) is 38.1 Å². The number of hydrogen-bond acceptors (Lipinski definition) is 2. The molecule has 0 atom stereocenters. The van der Waals surface area contributed by atoms with Crippen molar-refractivity contribution >= 4 is 5.91 Å². The first-order chi connectivity index (χ1) is 6.48. The van der Waals surface area contributed by atoms with Crippen molar-refractivity contribution in [2.24, 2.45) is 7.05 Å². The van der Waals surface area contributed by atoms with Gasteiger partial charge in [-0.3, -0.25) is 4.79 Å². The third-order valence-corrected chi connectivity index (χ3v) is 2.06. The first-order valence-electron chi connectivity index (χ1n) is 4.13. The summed E-state index contributed by atoms with van der Waals surface area (Å²) in [6, 6.07) is 0. The van der Waals surface area contributed by atoms with Crippen LogP contribution in [-0.4, -0.2) is 39.4 Å². The molecule has 2 rings (SSSR count). The zero-order valence-electron chi connectivity index (χ0n) is 7.57. The Bertz CT molecular complexity index is 366. The molecule has 2 heterocycles. The largest absolute Gasteiger partial charge is 0.340 e. The minimum absolute atomic E-state index is 0.211. The van der Waals surface area contributed by atoms with Crippen molar-refractivity contribution in [1.29, 1.82) is 0 Å². The summed E-state index contributed by atoms with van der Waals surface area (Å²) in [5, 5.41) is 0. The van der Waals surface area contributed by atoms with Gasteiger partial charge in [0, 0.05) is 13.2 Å². The van der Waals surface area contributed by atoms with Gasteiger partial charge in [0.1, 0.15) is 5.69 Å². The van der Waals surface area contributed by atoms with E-state index in [0.717, 1.165) is 4.90 Å². The Morgan fingerprint density at radius 2 is 2.21 bits per heavy atom. The van der Waals surface area contributed by atoms with E-state index in [1.165, 1.54) is 12.5 Å². The fourth-order valence-electron chi connectivity index (χ4n) is 1.34. The molecule has 1 aliphatic heterocycles. The van der Waals surface area contributed by atoms with Crippen LogP contribution in [0.3, 0.4) is 0 Å². The Morgan fingerprint density at radius 1 is 1.57 bits per heavy atom. The number of carbonyl (C=O) groups excluding carboxylic acids is 1. The van der Waals surface area contributed by atoms with Crippen molar-refractivity contribution in [3.8, 4) is 0 Å². The average molecular weight is 201 g/mol. The Balaban J connectivity index is 2.04. The van der Waals surface area contributed by atoms with Gasteiger partial charge in [-0.25, -0.2) is 13.8 Å². The number of alkyl halides is 2. The molecule has 1 aliphatic rings. The minimum atomic E-state index is -2.72. The predicted molar refractivity (Wildman–Crippen MR) is 44.1 cm³/mol. The van der Waals surface area contributed by atoms with Crippen LogP contribution in [0.25, 0.3) is 0 Å². The molecule has 0 aliphatic carbocycles. The van der Waals surface area contributed by atoms with Gasteiger partial charge in [0.25, 0.3) is 11.8 Å². The van der Waals surface area contributed by atoms with Crippen LogP contribution < -0.4 is 0 Å². The second-order valence-corrected chi connectivity index (χ2v) is 3.44. The second-order valence-electron chi connectivity index (χ2n) is 3.44. The Labute approximate surface area is 79.1 Å². The molecule has 1 aromatic heterocycles. The maximum Gasteiger partial charge on any atom is 0.282 e. The molecule has 6 heteroatoms. The lowest BCUT2D eigenvalue weighted by molar-refractivity contribution is -0.113. The van der Waals surface area contributed by atoms with Gasteiger partial charge in [-0.1, -0.05) is 0 Å². The SMILES string of the molecule is Cn1cnc(C(=O)N2CC(F)(F)C2)c1. The number of amides is 1. The van der Waals surface area contributed by atoms with Gasteiger partial charge in [-0.05, 0) is 0 Å². The second kappa shape index (κ2) is 2.76. The number of nitrogens with zero attached hydrogens (tertiary/aromatic N) is 3. The number of rotatable bonds is 1. The summed E-state index contributed by atoms with van der Waals surface area (Å²) in [6.45, 7) is -0.995. The summed E-state index contributed by atoms with van der Waals surface area (Å²) >= 11 is 0. The normalized spacial score (nSPS) is 19.2. The molecule has 0 unspecified atom stereocenters. The monoisotopic (exact) mass is 201 g/mol. The van der Waals surface area contributed by atoms with E-state index >= 15 is 0 Å². The summed E-state index contributed by atoms with van der Waals surface area (Å²) in [6.07, 6.45) is 2.98. The smallest absolute Gasteiger partial charge is 0.282 e. The molecule has 0 N–H and O–H groups in total. The van der Waals surface area contributed by atoms with Crippen molar-refractivity contribution in [1.82, 2.24) is 14.5 Å². The van der Waals surface area contributed by atoms with Gasteiger partial charge < -0.3 is 9.47 Å². The van der Waals surface area contributed by atoms with Crippen molar-refractivity contribution in [3.63, 3.8) is 0 Å². The van der Waals surface area contributed by atoms with Crippen LogP contribution in [0, 0.1) is 0 Å². The highest BCUT2D eigenvalue weighted by atomic mass is 19.3. The van der Waals surface area contributed by atoms with Gasteiger partial charge in [0.05, 0.1) is 19.4 Å². The third-order valence-electron chi connectivity index (χ3n) is 2.06. The molecule has 14 heavy (non-hydrogen) atoms. The maximum absolute atomic E-state index is 12.5. The maximum atomic E-state index is 12.5. The highest BCUT2D eigenvalue weighted by molar-refractivity contribution is 5.92. The lowest BCUT2D eigenvalue weighted by Crippen LogP contribution is -2.58. The Hall–Kier alpha value is -1.46. The van der Waals surface area contributed by atoms with Crippen molar-refractivity contribution < 1.29 is 13.6 Å². The van der Waals surface area contributed by atoms with Gasteiger partial charge in [-0.15, -0.1) is 0 Å². The van der Waals surface area contributed by atoms with Gasteiger partial charge in [0.15, 0.2) is 0 Å². The molecule has 1 fully saturated rings. The van der Waals surface area contributed by atoms with E-state index < -0.39 is 24.9 Å².